The van der Waals surface area contributed by atoms with Crippen LogP contribution in [-0.4, -0.2) is 63.2 Å². The number of nitrogens with zero attached hydrogens (tertiary/aromatic N) is 1. The molecule has 0 unspecified atom stereocenters. The highest BCUT2D eigenvalue weighted by Gasteiger charge is 2.29. The normalized spacial score (nSPS) is 17.0. The number of aliphatic hydroxyl groups excluding tert-OH is 1. The summed E-state index contributed by atoms with van der Waals surface area (Å²) >= 11 is 0. The van der Waals surface area contributed by atoms with Crippen LogP contribution < -0.4 is 20.3 Å². The van der Waals surface area contributed by atoms with Gasteiger partial charge in [-0.1, -0.05) is 32.8 Å². The van der Waals surface area contributed by atoms with E-state index in [2.05, 4.69) is 43.6 Å². The van der Waals surface area contributed by atoms with Crippen LogP contribution in [0.1, 0.15) is 82.6 Å². The number of hydrogen-bond acceptors (Lipinski definition) is 7. The molecule has 2 aromatic carbocycles. The van der Waals surface area contributed by atoms with Gasteiger partial charge < -0.3 is 21.1 Å². The number of anilines is 2. The summed E-state index contributed by atoms with van der Waals surface area (Å²) in [6.07, 6.45) is 3.60. The van der Waals surface area contributed by atoms with Crippen molar-refractivity contribution in [2.24, 2.45) is 5.92 Å². The first-order valence-electron chi connectivity index (χ1n) is 15.3. The number of rotatable bonds is 15. The predicted molar refractivity (Wildman–Crippen MR) is 180 cm³/mol. The quantitative estimate of drug-likeness (QED) is 0.122. The van der Waals surface area contributed by atoms with E-state index in [4.69, 9.17) is 0 Å². The van der Waals surface area contributed by atoms with Gasteiger partial charge in [-0.25, -0.2) is 8.78 Å². The molecule has 8 nitrogen and oxygen atoms in total. The number of halogens is 3. The van der Waals surface area contributed by atoms with Gasteiger partial charge in [0.05, 0.1) is 23.6 Å². The standard InChI is InChI=1S/C32H50F2N4O4S.ClH/c1-6-35-25-18-24(19-26(20-25)38-14-7-8-15-43(38,41)42)31(40)37-29(17-23-11-12-27(33)28(34)16-23)30(39)21-36-32(4,5)13-9-10-22(2)3;/h11-12,16,18-20,22,29-30,35-36,39,41-42H,6-10,13-15,17,21H2,1-5H3,(H,37,40);1H/t29-,30-;/m0./s1. The van der Waals surface area contributed by atoms with Crippen molar-refractivity contribution in [3.8, 4) is 0 Å². The van der Waals surface area contributed by atoms with E-state index in [1.54, 1.807) is 22.5 Å². The van der Waals surface area contributed by atoms with Gasteiger partial charge >= 0.3 is 0 Å². The summed E-state index contributed by atoms with van der Waals surface area (Å²) in [6.45, 7) is 11.7. The molecule has 6 N–H and O–H groups in total. The third-order valence-corrected chi connectivity index (χ3v) is 9.76. The van der Waals surface area contributed by atoms with E-state index >= 15 is 0 Å². The number of carbonyl (C=O) groups is 1. The fraction of sp³-hybridized carbons (Fsp3) is 0.594. The summed E-state index contributed by atoms with van der Waals surface area (Å²) in [5, 5.41) is 20.8. The minimum Gasteiger partial charge on any atom is -0.390 e. The van der Waals surface area contributed by atoms with Crippen LogP contribution in [0.3, 0.4) is 0 Å². The van der Waals surface area contributed by atoms with Crippen LogP contribution in [0.5, 0.6) is 0 Å². The fourth-order valence-electron chi connectivity index (χ4n) is 5.32. The van der Waals surface area contributed by atoms with Crippen molar-refractivity contribution in [1.29, 1.82) is 0 Å². The van der Waals surface area contributed by atoms with Gasteiger partial charge in [-0.05, 0) is 88.3 Å². The highest BCUT2D eigenvalue weighted by atomic mass is 35.5. The van der Waals surface area contributed by atoms with Gasteiger partial charge in [0.25, 0.3) is 5.91 Å². The van der Waals surface area contributed by atoms with E-state index in [1.807, 2.05) is 6.92 Å². The number of amides is 1. The molecule has 1 aliphatic rings. The van der Waals surface area contributed by atoms with Crippen LogP contribution in [0.15, 0.2) is 36.4 Å². The maximum Gasteiger partial charge on any atom is 0.251 e. The molecule has 1 fully saturated rings. The van der Waals surface area contributed by atoms with Gasteiger partial charge in [-0.3, -0.25) is 18.2 Å². The van der Waals surface area contributed by atoms with Crippen molar-refractivity contribution in [1.82, 2.24) is 10.6 Å². The summed E-state index contributed by atoms with van der Waals surface area (Å²) in [5.74, 6) is -1.57. The Morgan fingerprint density at radius 3 is 2.45 bits per heavy atom. The lowest BCUT2D eigenvalue weighted by Gasteiger charge is -2.47. The number of carbonyl (C=O) groups excluding carboxylic acids is 1. The first-order valence-corrected chi connectivity index (χ1v) is 17.0. The SMILES string of the molecule is CCNc1cc(C(=O)N[C@@H](Cc2ccc(F)c(F)c2)[C@@H](O)CNC(C)(C)CCCC(C)C)cc(N2CCCCS2(O)O)c1.Cl. The molecule has 0 aromatic heterocycles. The van der Waals surface area contributed by atoms with Crippen LogP contribution in [0, 0.1) is 17.6 Å². The van der Waals surface area contributed by atoms with E-state index in [0.717, 1.165) is 37.8 Å². The number of β-amino-alcohol motifs (C(OH)–C–C–N with tert-alkyl or cyclic N) is 1. The maximum atomic E-state index is 14.1. The molecule has 1 aliphatic heterocycles. The van der Waals surface area contributed by atoms with Crippen molar-refractivity contribution in [3.05, 3.63) is 59.2 Å². The molecule has 44 heavy (non-hydrogen) atoms. The molecule has 12 heteroatoms. The third kappa shape index (κ3) is 11.3. The summed E-state index contributed by atoms with van der Waals surface area (Å²) in [5.41, 5.74) is 1.63. The van der Waals surface area contributed by atoms with Crippen LogP contribution >= 0.6 is 23.2 Å². The Morgan fingerprint density at radius 2 is 1.82 bits per heavy atom. The van der Waals surface area contributed by atoms with E-state index in [9.17, 15) is 27.8 Å². The van der Waals surface area contributed by atoms with Crippen molar-refractivity contribution in [2.75, 3.05) is 35.0 Å². The van der Waals surface area contributed by atoms with Crippen molar-refractivity contribution in [3.63, 3.8) is 0 Å². The second-order valence-corrected chi connectivity index (χ2v) is 14.7. The summed E-state index contributed by atoms with van der Waals surface area (Å²) in [6, 6.07) is 7.82. The van der Waals surface area contributed by atoms with Crippen LogP contribution in [0.4, 0.5) is 20.2 Å². The lowest BCUT2D eigenvalue weighted by molar-refractivity contribution is 0.0811. The molecule has 0 saturated carbocycles. The molecule has 0 radical (unpaired) electrons. The minimum atomic E-state index is -3.01. The first kappa shape index (κ1) is 38.0. The number of aliphatic hydroxyl groups is 1. The highest BCUT2D eigenvalue weighted by molar-refractivity contribution is 8.25. The number of hydrogen-bond donors (Lipinski definition) is 6. The van der Waals surface area contributed by atoms with Gasteiger partial charge in [0.2, 0.25) is 0 Å². The van der Waals surface area contributed by atoms with Crippen molar-refractivity contribution < 1.29 is 27.8 Å². The molecule has 1 saturated heterocycles. The van der Waals surface area contributed by atoms with Gasteiger partial charge in [-0.2, -0.15) is 0 Å². The minimum absolute atomic E-state index is 0. The zero-order valence-corrected chi connectivity index (χ0v) is 28.2. The number of nitrogens with one attached hydrogen (secondary N) is 3. The molecule has 3 rings (SSSR count). The molecule has 0 spiro atoms. The van der Waals surface area contributed by atoms with Crippen LogP contribution in [0.2, 0.25) is 0 Å². The van der Waals surface area contributed by atoms with Crippen LogP contribution in [-0.2, 0) is 6.42 Å². The van der Waals surface area contributed by atoms with E-state index in [0.29, 0.717) is 42.4 Å². The number of benzene rings is 2. The molecule has 1 heterocycles. The lowest BCUT2D eigenvalue weighted by atomic mass is 9.93. The zero-order valence-electron chi connectivity index (χ0n) is 26.5. The van der Waals surface area contributed by atoms with Gasteiger partial charge in [0.15, 0.2) is 11.6 Å². The molecule has 2 atom stereocenters. The van der Waals surface area contributed by atoms with Crippen LogP contribution in [0.25, 0.3) is 0 Å². The molecular formula is C32H51ClF2N4O4S. The third-order valence-electron chi connectivity index (χ3n) is 7.82. The van der Waals surface area contributed by atoms with Gasteiger partial charge in [-0.15, -0.1) is 23.2 Å². The Hall–Kier alpha value is -2.15. The predicted octanol–water partition coefficient (Wildman–Crippen LogP) is 6.98. The van der Waals surface area contributed by atoms with E-state index in [-0.39, 0.29) is 42.2 Å². The van der Waals surface area contributed by atoms with E-state index in [1.165, 1.54) is 6.07 Å². The fourth-order valence-corrected chi connectivity index (χ4v) is 6.99. The second kappa shape index (κ2) is 17.0. The van der Waals surface area contributed by atoms with Gasteiger partial charge in [0, 0.05) is 36.4 Å². The summed E-state index contributed by atoms with van der Waals surface area (Å²) in [4.78, 5) is 13.7. The first-order chi connectivity index (χ1) is 20.2. The Balaban J connectivity index is 0.00000675. The molecular weight excluding hydrogens is 610 g/mol. The average molecular weight is 661 g/mol. The summed E-state index contributed by atoms with van der Waals surface area (Å²) in [7, 11) is -3.01. The smallest absolute Gasteiger partial charge is 0.251 e. The van der Waals surface area contributed by atoms with Crippen molar-refractivity contribution >= 4 is 40.5 Å². The molecule has 2 aromatic rings. The largest absolute Gasteiger partial charge is 0.390 e. The maximum absolute atomic E-state index is 14.1. The highest BCUT2D eigenvalue weighted by Crippen LogP contribution is 2.50. The zero-order chi connectivity index (χ0) is 31.8. The average Bonchev–Trinajstić information content (AvgIpc) is 2.92. The second-order valence-electron chi connectivity index (χ2n) is 12.6. The topological polar surface area (TPSA) is 117 Å². The Bertz CT molecular complexity index is 1220. The molecule has 1 amide bonds. The van der Waals surface area contributed by atoms with Gasteiger partial charge in [0.1, 0.15) is 0 Å². The molecule has 0 bridgehead atoms. The van der Waals surface area contributed by atoms with Crippen molar-refractivity contribution in [2.45, 2.75) is 90.8 Å². The Labute approximate surface area is 269 Å². The lowest BCUT2D eigenvalue weighted by Crippen LogP contribution is -2.52. The Morgan fingerprint density at radius 1 is 1.09 bits per heavy atom. The summed E-state index contributed by atoms with van der Waals surface area (Å²) < 4.78 is 50.7. The van der Waals surface area contributed by atoms with E-state index < -0.39 is 40.5 Å². The Kier molecular flexibility index (Phi) is 14.7. The molecule has 250 valence electrons. The monoisotopic (exact) mass is 660 g/mol. The molecule has 0 aliphatic carbocycles.